The quantitative estimate of drug-likeness (QED) is 0.859. The first-order valence-corrected chi connectivity index (χ1v) is 7.49. The first kappa shape index (κ1) is 12.6. The van der Waals surface area contributed by atoms with Gasteiger partial charge in [-0.05, 0) is 24.6 Å². The molecule has 0 saturated carbocycles. The Hall–Kier alpha value is -1.47. The highest BCUT2D eigenvalue weighted by molar-refractivity contribution is 7.89. The number of rotatable bonds is 2. The number of hydrogen-bond donors (Lipinski definition) is 1. The number of nitrogens with one attached hydrogen (secondary N) is 1. The molecule has 19 heavy (non-hydrogen) atoms. The molecule has 2 heterocycles. The molecule has 0 radical (unpaired) electrons. The summed E-state index contributed by atoms with van der Waals surface area (Å²) < 4.78 is 39.4. The van der Waals surface area contributed by atoms with Gasteiger partial charge in [-0.1, -0.05) is 6.07 Å². The van der Waals surface area contributed by atoms with Gasteiger partial charge in [0.05, 0.1) is 10.9 Å². The molecule has 0 aromatic heterocycles. The van der Waals surface area contributed by atoms with E-state index in [1.807, 2.05) is 0 Å². The second-order valence-electron chi connectivity index (χ2n) is 4.81. The molecule has 0 unspecified atom stereocenters. The van der Waals surface area contributed by atoms with Crippen LogP contribution in [0.1, 0.15) is 12.8 Å². The molecule has 102 valence electrons. The van der Waals surface area contributed by atoms with Crippen LogP contribution in [-0.2, 0) is 14.8 Å². The fourth-order valence-corrected chi connectivity index (χ4v) is 4.46. The van der Waals surface area contributed by atoms with Crippen LogP contribution in [0.25, 0.3) is 0 Å². The highest BCUT2D eigenvalue weighted by Crippen LogP contribution is 2.31. The second kappa shape index (κ2) is 4.28. The maximum atomic E-state index is 13.2. The van der Waals surface area contributed by atoms with Gasteiger partial charge in [-0.3, -0.25) is 4.79 Å². The van der Waals surface area contributed by atoms with Crippen molar-refractivity contribution in [3.8, 4) is 0 Å². The SMILES string of the molecule is O=C1C[C@@H]2[C@@H](CCN2S(=O)(=O)c2cccc(F)c2)N1. The Morgan fingerprint density at radius 2 is 2.16 bits per heavy atom. The van der Waals surface area contributed by atoms with Gasteiger partial charge in [-0.25, -0.2) is 12.8 Å². The summed E-state index contributed by atoms with van der Waals surface area (Å²) in [5, 5.41) is 2.76. The van der Waals surface area contributed by atoms with Crippen LogP contribution in [0.4, 0.5) is 4.39 Å². The Morgan fingerprint density at radius 1 is 1.37 bits per heavy atom. The van der Waals surface area contributed by atoms with Crippen molar-refractivity contribution in [2.45, 2.75) is 29.8 Å². The van der Waals surface area contributed by atoms with E-state index in [2.05, 4.69) is 5.32 Å². The summed E-state index contributed by atoms with van der Waals surface area (Å²) in [6, 6.07) is 4.49. The van der Waals surface area contributed by atoms with Gasteiger partial charge < -0.3 is 5.32 Å². The Morgan fingerprint density at radius 3 is 2.89 bits per heavy atom. The van der Waals surface area contributed by atoms with Crippen LogP contribution in [0.15, 0.2) is 29.2 Å². The van der Waals surface area contributed by atoms with E-state index in [0.717, 1.165) is 6.07 Å². The molecule has 1 aromatic carbocycles. The van der Waals surface area contributed by atoms with Crippen molar-refractivity contribution in [1.82, 2.24) is 9.62 Å². The summed E-state index contributed by atoms with van der Waals surface area (Å²) >= 11 is 0. The number of sulfonamides is 1. The summed E-state index contributed by atoms with van der Waals surface area (Å²) in [5.41, 5.74) is 0. The lowest BCUT2D eigenvalue weighted by atomic mass is 10.1. The number of halogens is 1. The molecular weight excluding hydrogens is 271 g/mol. The third-order valence-corrected chi connectivity index (χ3v) is 5.56. The Balaban J connectivity index is 1.95. The molecule has 1 amide bonds. The molecule has 2 aliphatic heterocycles. The average Bonchev–Trinajstić information content (AvgIpc) is 2.87. The molecule has 7 heteroatoms. The maximum absolute atomic E-state index is 13.2. The Bertz CT molecular complexity index is 632. The summed E-state index contributed by atoms with van der Waals surface area (Å²) in [6.07, 6.45) is 0.782. The third-order valence-electron chi connectivity index (χ3n) is 3.64. The molecule has 2 aliphatic rings. The van der Waals surface area contributed by atoms with Crippen molar-refractivity contribution >= 4 is 15.9 Å². The van der Waals surface area contributed by atoms with Gasteiger partial charge >= 0.3 is 0 Å². The van der Waals surface area contributed by atoms with Crippen molar-refractivity contribution in [3.63, 3.8) is 0 Å². The number of carbonyl (C=O) groups is 1. The van der Waals surface area contributed by atoms with Crippen LogP contribution in [0.3, 0.4) is 0 Å². The lowest BCUT2D eigenvalue weighted by Crippen LogP contribution is -2.38. The van der Waals surface area contributed by atoms with Crippen LogP contribution in [0.2, 0.25) is 0 Å². The zero-order valence-corrected chi connectivity index (χ0v) is 10.9. The molecule has 2 atom stereocenters. The molecule has 2 fully saturated rings. The fourth-order valence-electron chi connectivity index (χ4n) is 2.75. The lowest BCUT2D eigenvalue weighted by molar-refractivity contribution is -0.119. The molecular formula is C12H13FN2O3S. The number of hydrogen-bond acceptors (Lipinski definition) is 3. The predicted octanol–water partition coefficient (Wildman–Crippen LogP) is 0.477. The van der Waals surface area contributed by atoms with E-state index in [9.17, 15) is 17.6 Å². The molecule has 1 N–H and O–H groups in total. The van der Waals surface area contributed by atoms with Crippen molar-refractivity contribution in [2.75, 3.05) is 6.54 Å². The molecule has 1 aromatic rings. The van der Waals surface area contributed by atoms with Crippen molar-refractivity contribution in [1.29, 1.82) is 0 Å². The monoisotopic (exact) mass is 284 g/mol. The van der Waals surface area contributed by atoms with Crippen molar-refractivity contribution in [3.05, 3.63) is 30.1 Å². The zero-order chi connectivity index (χ0) is 13.6. The molecule has 0 bridgehead atoms. The van der Waals surface area contributed by atoms with Gasteiger partial charge in [0, 0.05) is 19.0 Å². The first-order chi connectivity index (χ1) is 8.98. The van der Waals surface area contributed by atoms with E-state index in [-0.39, 0.29) is 29.3 Å². The van der Waals surface area contributed by atoms with Gasteiger partial charge in [-0.2, -0.15) is 4.31 Å². The summed E-state index contributed by atoms with van der Waals surface area (Å²) in [7, 11) is -3.74. The van der Waals surface area contributed by atoms with E-state index in [0.29, 0.717) is 13.0 Å². The molecule has 0 aliphatic carbocycles. The standard InChI is InChI=1S/C12H13FN2O3S/c13-8-2-1-3-9(6-8)19(17,18)15-5-4-10-11(15)7-12(16)14-10/h1-3,6,10-11H,4-5,7H2,(H,14,16)/t10-,11-/m1/s1. The topological polar surface area (TPSA) is 66.5 Å². The number of fused-ring (bicyclic) bond motifs is 1. The van der Waals surface area contributed by atoms with Gasteiger partial charge in [0.1, 0.15) is 5.82 Å². The van der Waals surface area contributed by atoms with Crippen LogP contribution in [0, 0.1) is 5.82 Å². The van der Waals surface area contributed by atoms with E-state index in [1.54, 1.807) is 0 Å². The Labute approximate surface area is 110 Å². The number of nitrogens with zero attached hydrogens (tertiary/aromatic N) is 1. The van der Waals surface area contributed by atoms with E-state index >= 15 is 0 Å². The van der Waals surface area contributed by atoms with Crippen LogP contribution < -0.4 is 5.32 Å². The highest BCUT2D eigenvalue weighted by Gasteiger charge is 2.46. The van der Waals surface area contributed by atoms with E-state index < -0.39 is 15.8 Å². The minimum atomic E-state index is -3.74. The Kier molecular flexibility index (Phi) is 2.83. The highest BCUT2D eigenvalue weighted by atomic mass is 32.2. The van der Waals surface area contributed by atoms with E-state index in [1.165, 1.54) is 22.5 Å². The number of carbonyl (C=O) groups excluding carboxylic acids is 1. The zero-order valence-electron chi connectivity index (χ0n) is 10.0. The van der Waals surface area contributed by atoms with Crippen molar-refractivity contribution in [2.24, 2.45) is 0 Å². The van der Waals surface area contributed by atoms with Gasteiger partial charge in [0.2, 0.25) is 15.9 Å². The minimum Gasteiger partial charge on any atom is -0.352 e. The van der Waals surface area contributed by atoms with Crippen LogP contribution in [-0.4, -0.2) is 37.3 Å². The van der Waals surface area contributed by atoms with Crippen LogP contribution in [0.5, 0.6) is 0 Å². The maximum Gasteiger partial charge on any atom is 0.243 e. The van der Waals surface area contributed by atoms with Crippen LogP contribution >= 0.6 is 0 Å². The average molecular weight is 284 g/mol. The summed E-state index contributed by atoms with van der Waals surface area (Å²) in [4.78, 5) is 11.3. The third kappa shape index (κ3) is 2.02. The second-order valence-corrected chi connectivity index (χ2v) is 6.70. The molecule has 2 saturated heterocycles. The number of benzene rings is 1. The summed E-state index contributed by atoms with van der Waals surface area (Å²) in [6.45, 7) is 0.356. The van der Waals surface area contributed by atoms with Gasteiger partial charge in [0.15, 0.2) is 0 Å². The largest absolute Gasteiger partial charge is 0.352 e. The normalized spacial score (nSPS) is 27.3. The first-order valence-electron chi connectivity index (χ1n) is 6.05. The van der Waals surface area contributed by atoms with Crippen molar-refractivity contribution < 1.29 is 17.6 Å². The van der Waals surface area contributed by atoms with E-state index in [4.69, 9.17) is 0 Å². The number of amides is 1. The predicted molar refractivity (Wildman–Crippen MR) is 65.2 cm³/mol. The molecule has 5 nitrogen and oxygen atoms in total. The minimum absolute atomic E-state index is 0.0625. The smallest absolute Gasteiger partial charge is 0.243 e. The molecule has 3 rings (SSSR count). The summed E-state index contributed by atoms with van der Waals surface area (Å²) in [5.74, 6) is -0.716. The fraction of sp³-hybridized carbons (Fsp3) is 0.417. The van der Waals surface area contributed by atoms with Gasteiger partial charge in [0.25, 0.3) is 0 Å². The molecule has 0 spiro atoms. The lowest BCUT2D eigenvalue weighted by Gasteiger charge is -2.22. The van der Waals surface area contributed by atoms with Gasteiger partial charge in [-0.15, -0.1) is 0 Å².